The molecule has 0 spiro atoms. The van der Waals surface area contributed by atoms with Crippen LogP contribution < -0.4 is 15.5 Å². The van der Waals surface area contributed by atoms with Gasteiger partial charge in [-0.15, -0.1) is 0 Å². The summed E-state index contributed by atoms with van der Waals surface area (Å²) in [5.41, 5.74) is 3.05. The van der Waals surface area contributed by atoms with Crippen LogP contribution in [0.2, 0.25) is 0 Å². The first-order chi connectivity index (χ1) is 13.6. The van der Waals surface area contributed by atoms with Crippen molar-refractivity contribution in [2.75, 3.05) is 28.6 Å². The molecule has 3 heterocycles. The zero-order valence-corrected chi connectivity index (χ0v) is 17.1. The van der Waals surface area contributed by atoms with E-state index in [1.165, 1.54) is 12.8 Å². The third kappa shape index (κ3) is 4.33. The van der Waals surface area contributed by atoms with Crippen molar-refractivity contribution in [3.63, 3.8) is 0 Å². The standard InChI is InChI=1S/C20H21BrN6O/c1-13-10-18(26-20(23-13)27-8-2-3-9-27)24-15-4-6-16(7-5-15)25-19(28)17-11-14(21)12-22-17/h4-7,10-12,22H,2-3,8-9H2,1H3,(H,25,28)(H,23,24,26). The molecule has 3 aromatic rings. The molecule has 2 aromatic heterocycles. The predicted octanol–water partition coefficient (Wildman–Crippen LogP) is 4.47. The number of anilines is 4. The lowest BCUT2D eigenvalue weighted by molar-refractivity contribution is 0.102. The summed E-state index contributed by atoms with van der Waals surface area (Å²) in [7, 11) is 0. The smallest absolute Gasteiger partial charge is 0.272 e. The Balaban J connectivity index is 1.43. The number of rotatable bonds is 5. The number of aromatic amines is 1. The van der Waals surface area contributed by atoms with E-state index in [0.29, 0.717) is 5.69 Å². The molecule has 0 atom stereocenters. The van der Waals surface area contributed by atoms with Gasteiger partial charge in [0.1, 0.15) is 11.5 Å². The molecule has 3 N–H and O–H groups in total. The van der Waals surface area contributed by atoms with Gasteiger partial charge in [-0.3, -0.25) is 4.79 Å². The molecule has 0 bridgehead atoms. The SMILES string of the molecule is Cc1cc(Nc2ccc(NC(=O)c3cc(Br)c[nH]3)cc2)nc(N2CCCC2)n1. The van der Waals surface area contributed by atoms with Gasteiger partial charge in [0.05, 0.1) is 0 Å². The van der Waals surface area contributed by atoms with Crippen LogP contribution >= 0.6 is 15.9 Å². The van der Waals surface area contributed by atoms with Crippen molar-refractivity contribution in [3.8, 4) is 0 Å². The molecule has 4 rings (SSSR count). The Labute approximate surface area is 171 Å². The summed E-state index contributed by atoms with van der Waals surface area (Å²) in [5, 5.41) is 6.19. The number of aryl methyl sites for hydroxylation is 1. The summed E-state index contributed by atoms with van der Waals surface area (Å²) >= 11 is 3.33. The fourth-order valence-corrected chi connectivity index (χ4v) is 3.50. The van der Waals surface area contributed by atoms with Crippen molar-refractivity contribution in [1.82, 2.24) is 15.0 Å². The van der Waals surface area contributed by atoms with Crippen molar-refractivity contribution >= 4 is 45.0 Å². The zero-order chi connectivity index (χ0) is 19.5. The first kappa shape index (κ1) is 18.5. The largest absolute Gasteiger partial charge is 0.356 e. The molecule has 0 unspecified atom stereocenters. The summed E-state index contributed by atoms with van der Waals surface area (Å²) < 4.78 is 0.839. The molecule has 1 aromatic carbocycles. The molecule has 1 aliphatic rings. The van der Waals surface area contributed by atoms with E-state index in [1.54, 1.807) is 12.3 Å². The highest BCUT2D eigenvalue weighted by Crippen LogP contribution is 2.22. The Hall–Kier alpha value is -2.87. The Bertz CT molecular complexity index is 979. The first-order valence-electron chi connectivity index (χ1n) is 9.20. The molecule has 144 valence electrons. The van der Waals surface area contributed by atoms with Crippen LogP contribution in [-0.2, 0) is 0 Å². The average Bonchev–Trinajstić information content (AvgIpc) is 3.35. The molecule has 1 saturated heterocycles. The van der Waals surface area contributed by atoms with E-state index in [1.807, 2.05) is 37.3 Å². The number of benzene rings is 1. The molecule has 7 nitrogen and oxygen atoms in total. The minimum absolute atomic E-state index is 0.187. The second kappa shape index (κ2) is 8.02. The van der Waals surface area contributed by atoms with Crippen LogP contribution in [0.4, 0.5) is 23.1 Å². The number of H-pyrrole nitrogens is 1. The van der Waals surface area contributed by atoms with Gasteiger partial charge in [0.15, 0.2) is 0 Å². The van der Waals surface area contributed by atoms with Gasteiger partial charge < -0.3 is 20.5 Å². The van der Waals surface area contributed by atoms with Gasteiger partial charge >= 0.3 is 0 Å². The molecule has 0 radical (unpaired) electrons. The van der Waals surface area contributed by atoms with Crippen molar-refractivity contribution in [1.29, 1.82) is 0 Å². The monoisotopic (exact) mass is 440 g/mol. The topological polar surface area (TPSA) is 85.9 Å². The number of hydrogen-bond acceptors (Lipinski definition) is 5. The molecule has 1 fully saturated rings. The third-order valence-electron chi connectivity index (χ3n) is 4.54. The second-order valence-electron chi connectivity index (χ2n) is 6.78. The van der Waals surface area contributed by atoms with Crippen LogP contribution in [0, 0.1) is 6.92 Å². The minimum Gasteiger partial charge on any atom is -0.356 e. The summed E-state index contributed by atoms with van der Waals surface area (Å²) in [6.07, 6.45) is 4.10. The number of hydrogen-bond donors (Lipinski definition) is 3. The quantitative estimate of drug-likeness (QED) is 0.544. The number of carbonyl (C=O) groups excluding carboxylic acids is 1. The van der Waals surface area contributed by atoms with Gasteiger partial charge in [-0.2, -0.15) is 4.98 Å². The first-order valence-corrected chi connectivity index (χ1v) is 9.99. The number of aromatic nitrogens is 3. The normalized spacial score (nSPS) is 13.6. The molecule has 28 heavy (non-hydrogen) atoms. The number of nitrogens with zero attached hydrogens (tertiary/aromatic N) is 3. The Morgan fingerprint density at radius 2 is 1.82 bits per heavy atom. The van der Waals surface area contributed by atoms with Crippen LogP contribution in [0.3, 0.4) is 0 Å². The number of amides is 1. The second-order valence-corrected chi connectivity index (χ2v) is 7.69. The Morgan fingerprint density at radius 3 is 2.50 bits per heavy atom. The van der Waals surface area contributed by atoms with E-state index in [4.69, 9.17) is 0 Å². The van der Waals surface area contributed by atoms with Crippen LogP contribution in [0.5, 0.6) is 0 Å². The van der Waals surface area contributed by atoms with E-state index in [9.17, 15) is 4.79 Å². The number of halogens is 1. The van der Waals surface area contributed by atoms with Crippen molar-refractivity contribution < 1.29 is 4.79 Å². The molecule has 1 amide bonds. The Kier molecular flexibility index (Phi) is 5.29. The van der Waals surface area contributed by atoms with Gasteiger partial charge in [0.25, 0.3) is 5.91 Å². The van der Waals surface area contributed by atoms with Crippen LogP contribution in [0.1, 0.15) is 29.0 Å². The van der Waals surface area contributed by atoms with Crippen LogP contribution in [0.25, 0.3) is 0 Å². The Morgan fingerprint density at radius 1 is 1.11 bits per heavy atom. The lowest BCUT2D eigenvalue weighted by Gasteiger charge is -2.17. The van der Waals surface area contributed by atoms with Gasteiger partial charge in [-0.05, 0) is 66.0 Å². The fraction of sp³-hybridized carbons (Fsp3) is 0.250. The van der Waals surface area contributed by atoms with E-state index < -0.39 is 0 Å². The maximum Gasteiger partial charge on any atom is 0.272 e. The summed E-state index contributed by atoms with van der Waals surface area (Å²) in [6, 6.07) is 11.2. The maximum atomic E-state index is 12.2. The highest BCUT2D eigenvalue weighted by Gasteiger charge is 2.16. The highest BCUT2D eigenvalue weighted by atomic mass is 79.9. The van der Waals surface area contributed by atoms with Gasteiger partial charge in [-0.1, -0.05) is 0 Å². The van der Waals surface area contributed by atoms with E-state index in [2.05, 4.69) is 46.4 Å². The summed E-state index contributed by atoms with van der Waals surface area (Å²) in [4.78, 5) is 26.5. The lowest BCUT2D eigenvalue weighted by Crippen LogP contribution is -2.21. The molecule has 1 aliphatic heterocycles. The van der Waals surface area contributed by atoms with Gasteiger partial charge in [0, 0.05) is 46.9 Å². The third-order valence-corrected chi connectivity index (χ3v) is 5.00. The summed E-state index contributed by atoms with van der Waals surface area (Å²) in [5.74, 6) is 1.36. The van der Waals surface area contributed by atoms with Gasteiger partial charge in [0.2, 0.25) is 5.95 Å². The van der Waals surface area contributed by atoms with Crippen molar-refractivity contribution in [2.24, 2.45) is 0 Å². The van der Waals surface area contributed by atoms with Gasteiger partial charge in [-0.25, -0.2) is 4.98 Å². The minimum atomic E-state index is -0.187. The predicted molar refractivity (Wildman–Crippen MR) is 114 cm³/mol. The highest BCUT2D eigenvalue weighted by molar-refractivity contribution is 9.10. The van der Waals surface area contributed by atoms with E-state index >= 15 is 0 Å². The molecular formula is C20H21BrN6O. The van der Waals surface area contributed by atoms with Crippen molar-refractivity contribution in [2.45, 2.75) is 19.8 Å². The molecular weight excluding hydrogens is 420 g/mol. The lowest BCUT2D eigenvalue weighted by atomic mass is 10.2. The summed E-state index contributed by atoms with van der Waals surface area (Å²) in [6.45, 7) is 3.99. The number of nitrogens with one attached hydrogen (secondary N) is 3. The van der Waals surface area contributed by atoms with Crippen LogP contribution in [-0.4, -0.2) is 33.9 Å². The molecule has 0 saturated carbocycles. The van der Waals surface area contributed by atoms with Crippen molar-refractivity contribution in [3.05, 3.63) is 58.5 Å². The van der Waals surface area contributed by atoms with E-state index in [0.717, 1.165) is 46.4 Å². The fourth-order valence-electron chi connectivity index (χ4n) is 3.16. The van der Waals surface area contributed by atoms with Crippen LogP contribution in [0.15, 0.2) is 47.1 Å². The average molecular weight is 441 g/mol. The zero-order valence-electron chi connectivity index (χ0n) is 15.5. The number of carbonyl (C=O) groups is 1. The van der Waals surface area contributed by atoms with E-state index in [-0.39, 0.29) is 5.91 Å². The maximum absolute atomic E-state index is 12.2. The molecule has 0 aliphatic carbocycles. The molecule has 8 heteroatoms.